The summed E-state index contributed by atoms with van der Waals surface area (Å²) in [5.41, 5.74) is 2.85. The Kier molecular flexibility index (Phi) is 2.30. The number of fused-ring (bicyclic) bond motifs is 3. The van der Waals surface area contributed by atoms with Crippen molar-refractivity contribution in [2.24, 2.45) is 0 Å². The Bertz CT molecular complexity index is 896. The van der Waals surface area contributed by atoms with Gasteiger partial charge in [-0.25, -0.2) is 4.98 Å². The van der Waals surface area contributed by atoms with Gasteiger partial charge in [-0.05, 0) is 6.07 Å². The lowest BCUT2D eigenvalue weighted by molar-refractivity contribution is 1.08. The predicted octanol–water partition coefficient (Wildman–Crippen LogP) is 3.66. The van der Waals surface area contributed by atoms with Gasteiger partial charge in [-0.1, -0.05) is 29.8 Å². The highest BCUT2D eigenvalue weighted by molar-refractivity contribution is 7.17. The highest BCUT2D eigenvalue weighted by atomic mass is 35.5. The molecule has 0 amide bonds. The molecule has 0 aliphatic carbocycles. The zero-order chi connectivity index (χ0) is 12.8. The Morgan fingerprint density at radius 2 is 2.00 bits per heavy atom. The minimum absolute atomic E-state index is 0.726. The number of benzene rings is 1. The highest BCUT2D eigenvalue weighted by Gasteiger charge is 2.14. The first-order valence-corrected chi connectivity index (χ1v) is 6.91. The molecule has 0 aliphatic heterocycles. The Morgan fingerprint density at radius 3 is 2.89 bits per heavy atom. The molecule has 0 saturated carbocycles. The van der Waals surface area contributed by atoms with Gasteiger partial charge < -0.3 is 0 Å². The van der Waals surface area contributed by atoms with Gasteiger partial charge in [0.05, 0.1) is 5.39 Å². The van der Waals surface area contributed by atoms with Gasteiger partial charge in [0.2, 0.25) is 0 Å². The van der Waals surface area contributed by atoms with Crippen LogP contribution in [0.4, 0.5) is 0 Å². The van der Waals surface area contributed by atoms with Crippen molar-refractivity contribution in [1.82, 2.24) is 19.6 Å². The van der Waals surface area contributed by atoms with Crippen molar-refractivity contribution in [1.29, 1.82) is 0 Å². The van der Waals surface area contributed by atoms with Crippen molar-refractivity contribution in [2.75, 3.05) is 0 Å². The Balaban J connectivity index is 2.16. The van der Waals surface area contributed by atoms with Crippen LogP contribution in [0.5, 0.6) is 0 Å². The quantitative estimate of drug-likeness (QED) is 0.536. The molecule has 0 saturated heterocycles. The fraction of sp³-hybridized carbons (Fsp3) is 0. The summed E-state index contributed by atoms with van der Waals surface area (Å²) in [6.07, 6.45) is 3.38. The topological polar surface area (TPSA) is 43.1 Å². The van der Waals surface area contributed by atoms with Gasteiger partial charge in [-0.2, -0.15) is 0 Å². The number of rotatable bonds is 1. The Morgan fingerprint density at radius 1 is 1.11 bits per heavy atom. The van der Waals surface area contributed by atoms with E-state index in [9.17, 15) is 0 Å². The van der Waals surface area contributed by atoms with Gasteiger partial charge in [-0.15, -0.1) is 21.5 Å². The average molecular weight is 287 g/mol. The highest BCUT2D eigenvalue weighted by Crippen LogP contribution is 2.37. The molecule has 0 spiro atoms. The number of nitrogens with zero attached hydrogens (tertiary/aromatic N) is 4. The van der Waals surface area contributed by atoms with Gasteiger partial charge >= 0.3 is 0 Å². The fourth-order valence-corrected chi connectivity index (χ4v) is 3.30. The first-order chi connectivity index (χ1) is 9.34. The summed E-state index contributed by atoms with van der Waals surface area (Å²) in [4.78, 5) is 5.36. The van der Waals surface area contributed by atoms with Crippen LogP contribution in [0.2, 0.25) is 5.02 Å². The van der Waals surface area contributed by atoms with E-state index >= 15 is 0 Å². The monoisotopic (exact) mass is 286 g/mol. The van der Waals surface area contributed by atoms with E-state index in [-0.39, 0.29) is 0 Å². The van der Waals surface area contributed by atoms with Crippen molar-refractivity contribution >= 4 is 38.8 Å². The third kappa shape index (κ3) is 1.55. The normalized spacial score (nSPS) is 11.4. The predicted molar refractivity (Wildman–Crippen MR) is 76.6 cm³/mol. The molecule has 0 fully saturated rings. The molecule has 1 aromatic carbocycles. The second kappa shape index (κ2) is 4.01. The molecule has 3 aromatic heterocycles. The van der Waals surface area contributed by atoms with Gasteiger partial charge in [0.1, 0.15) is 17.5 Å². The smallest absolute Gasteiger partial charge is 0.172 e. The van der Waals surface area contributed by atoms with Crippen molar-refractivity contribution in [2.45, 2.75) is 0 Å². The van der Waals surface area contributed by atoms with Crippen LogP contribution in [-0.4, -0.2) is 19.6 Å². The van der Waals surface area contributed by atoms with Crippen LogP contribution in [0.3, 0.4) is 0 Å². The molecule has 19 heavy (non-hydrogen) atoms. The summed E-state index contributed by atoms with van der Waals surface area (Å²) in [5.74, 6) is 0. The van der Waals surface area contributed by atoms with E-state index < -0.39 is 0 Å². The molecule has 6 heteroatoms. The van der Waals surface area contributed by atoms with E-state index in [4.69, 9.17) is 11.6 Å². The van der Waals surface area contributed by atoms with Crippen LogP contribution in [0, 0.1) is 0 Å². The maximum Gasteiger partial charge on any atom is 0.172 e. The third-order valence-electron chi connectivity index (χ3n) is 3.03. The molecule has 0 unspecified atom stereocenters. The molecule has 4 nitrogen and oxygen atoms in total. The molecule has 0 radical (unpaired) electrons. The molecule has 92 valence electrons. The van der Waals surface area contributed by atoms with Crippen molar-refractivity contribution < 1.29 is 0 Å². The molecule has 3 heterocycles. The van der Waals surface area contributed by atoms with E-state index in [1.807, 2.05) is 28.7 Å². The number of halogens is 1. The Labute approximate surface area is 117 Å². The van der Waals surface area contributed by atoms with E-state index in [0.29, 0.717) is 0 Å². The van der Waals surface area contributed by atoms with Crippen LogP contribution in [0.15, 0.2) is 42.3 Å². The molecule has 4 aromatic rings. The van der Waals surface area contributed by atoms with E-state index in [2.05, 4.69) is 20.6 Å². The van der Waals surface area contributed by atoms with Crippen molar-refractivity contribution in [3.63, 3.8) is 0 Å². The van der Waals surface area contributed by atoms with E-state index in [0.717, 1.165) is 32.0 Å². The molecular weight excluding hydrogens is 280 g/mol. The molecular formula is C13H7ClN4S. The van der Waals surface area contributed by atoms with Crippen LogP contribution >= 0.6 is 22.9 Å². The van der Waals surface area contributed by atoms with Crippen LogP contribution in [0.25, 0.3) is 27.0 Å². The summed E-state index contributed by atoms with van der Waals surface area (Å²) in [5, 5.41) is 11.9. The van der Waals surface area contributed by atoms with Crippen LogP contribution < -0.4 is 0 Å². The zero-order valence-corrected chi connectivity index (χ0v) is 11.2. The van der Waals surface area contributed by atoms with Crippen LogP contribution in [0.1, 0.15) is 0 Å². The average Bonchev–Trinajstić information content (AvgIpc) is 3.04. The number of hydrogen-bond acceptors (Lipinski definition) is 4. The minimum Gasteiger partial charge on any atom is -0.271 e. The lowest BCUT2D eigenvalue weighted by Gasteiger charge is -2.02. The summed E-state index contributed by atoms with van der Waals surface area (Å²) in [6, 6.07) is 7.79. The third-order valence-corrected chi connectivity index (χ3v) is 4.25. The van der Waals surface area contributed by atoms with Crippen molar-refractivity contribution in [3.8, 4) is 11.1 Å². The summed E-state index contributed by atoms with van der Waals surface area (Å²) in [7, 11) is 0. The summed E-state index contributed by atoms with van der Waals surface area (Å²) in [6.45, 7) is 0. The SMILES string of the molecule is Clc1ccccc1-c1csc2ncn3cnnc3c12. The number of thiophene rings is 1. The van der Waals surface area contributed by atoms with E-state index in [1.165, 1.54) is 0 Å². The first-order valence-electron chi connectivity index (χ1n) is 5.65. The van der Waals surface area contributed by atoms with Crippen molar-refractivity contribution in [3.05, 3.63) is 47.3 Å². The summed E-state index contributed by atoms with van der Waals surface area (Å²) >= 11 is 7.87. The maximum atomic E-state index is 6.28. The number of hydrogen-bond donors (Lipinski definition) is 0. The number of aromatic nitrogens is 4. The van der Waals surface area contributed by atoms with Gasteiger partial charge in [-0.3, -0.25) is 4.40 Å². The van der Waals surface area contributed by atoms with Crippen LogP contribution in [-0.2, 0) is 0 Å². The van der Waals surface area contributed by atoms with Gasteiger partial charge in [0.15, 0.2) is 5.65 Å². The second-order valence-electron chi connectivity index (χ2n) is 4.12. The van der Waals surface area contributed by atoms with Gasteiger partial charge in [0.25, 0.3) is 0 Å². The first kappa shape index (κ1) is 10.9. The minimum atomic E-state index is 0.726. The standard InChI is InChI=1S/C13H7ClN4S/c14-10-4-2-1-3-8(10)9-5-19-13-11(9)12-17-16-7-18(12)6-15-13/h1-7H. The maximum absolute atomic E-state index is 6.28. The van der Waals surface area contributed by atoms with E-state index in [1.54, 1.807) is 24.0 Å². The molecule has 0 bridgehead atoms. The second-order valence-corrected chi connectivity index (χ2v) is 5.38. The Hall–Kier alpha value is -1.98. The molecule has 4 rings (SSSR count). The summed E-state index contributed by atoms with van der Waals surface area (Å²) < 4.78 is 1.81. The zero-order valence-electron chi connectivity index (χ0n) is 9.62. The van der Waals surface area contributed by atoms with Gasteiger partial charge in [0, 0.05) is 21.5 Å². The lowest BCUT2D eigenvalue weighted by Crippen LogP contribution is -1.87. The molecule has 0 atom stereocenters. The molecule has 0 N–H and O–H groups in total. The largest absolute Gasteiger partial charge is 0.271 e. The fourth-order valence-electron chi connectivity index (χ4n) is 2.16. The molecule has 0 aliphatic rings. The lowest BCUT2D eigenvalue weighted by atomic mass is 10.1.